The van der Waals surface area contributed by atoms with E-state index in [1.807, 2.05) is 0 Å². The minimum Gasteiger partial charge on any atom is -0.495 e. The third-order valence-corrected chi connectivity index (χ3v) is 2.88. The van der Waals surface area contributed by atoms with Crippen molar-refractivity contribution in [2.45, 2.75) is 0 Å². The number of pyridine rings is 2. The van der Waals surface area contributed by atoms with Gasteiger partial charge < -0.3 is 10.6 Å². The van der Waals surface area contributed by atoms with E-state index < -0.39 is 0 Å². The maximum Gasteiger partial charge on any atom is 0.281 e. The van der Waals surface area contributed by atoms with E-state index in [1.165, 1.54) is 7.11 Å². The lowest BCUT2D eigenvalue weighted by Crippen LogP contribution is -2.30. The van der Waals surface area contributed by atoms with Crippen LogP contribution >= 0.6 is 0 Å². The molecular weight excluding hydrogens is 258 g/mol. The summed E-state index contributed by atoms with van der Waals surface area (Å²) in [5.74, 6) is 6.66. The summed E-state index contributed by atoms with van der Waals surface area (Å²) >= 11 is 0. The van der Waals surface area contributed by atoms with Crippen LogP contribution in [0.3, 0.4) is 0 Å². The first-order valence-corrected chi connectivity index (χ1v) is 5.83. The highest BCUT2D eigenvalue weighted by atomic mass is 16.5. The van der Waals surface area contributed by atoms with Crippen molar-refractivity contribution in [3.63, 3.8) is 0 Å². The van der Waals surface area contributed by atoms with Crippen LogP contribution in [0.1, 0.15) is 0 Å². The van der Waals surface area contributed by atoms with Crippen LogP contribution < -0.4 is 16.1 Å². The molecule has 3 rings (SSSR count). The van der Waals surface area contributed by atoms with E-state index in [0.29, 0.717) is 22.3 Å². The number of methoxy groups -OCH3 is 1. The Hall–Kier alpha value is -2.96. The normalized spacial score (nSPS) is 10.7. The lowest BCUT2D eigenvalue weighted by atomic mass is 10.2. The number of aromatic nitrogens is 4. The molecule has 0 spiro atoms. The first kappa shape index (κ1) is 12.1. The summed E-state index contributed by atoms with van der Waals surface area (Å²) in [5, 5.41) is 0.370. The van der Waals surface area contributed by atoms with Crippen molar-refractivity contribution in [2.75, 3.05) is 13.0 Å². The lowest BCUT2D eigenvalue weighted by Gasteiger charge is -2.08. The minimum atomic E-state index is -0.360. The fourth-order valence-corrected chi connectivity index (χ4v) is 1.89. The van der Waals surface area contributed by atoms with Crippen LogP contribution in [0.5, 0.6) is 5.75 Å². The molecule has 3 aromatic heterocycles. The summed E-state index contributed by atoms with van der Waals surface area (Å²) in [5.41, 5.74) is 0.564. The Balaban J connectivity index is 2.31. The quantitative estimate of drug-likeness (QED) is 0.683. The Morgan fingerprint density at radius 1 is 1.35 bits per heavy atom. The van der Waals surface area contributed by atoms with Crippen LogP contribution in [0.2, 0.25) is 0 Å². The Morgan fingerprint density at radius 3 is 3.00 bits per heavy atom. The summed E-state index contributed by atoms with van der Waals surface area (Å²) in [4.78, 5) is 24.6. The molecule has 0 saturated carbocycles. The molecule has 3 heterocycles. The zero-order valence-electron chi connectivity index (χ0n) is 10.6. The number of nitrogens with zero attached hydrogens (tertiary/aromatic N) is 4. The first-order chi connectivity index (χ1) is 9.70. The van der Waals surface area contributed by atoms with E-state index in [9.17, 15) is 4.79 Å². The van der Waals surface area contributed by atoms with Gasteiger partial charge in [-0.1, -0.05) is 0 Å². The van der Waals surface area contributed by atoms with Gasteiger partial charge in [-0.15, -0.1) is 0 Å². The number of hydrogen-bond donors (Lipinski definition) is 1. The second kappa shape index (κ2) is 4.61. The highest BCUT2D eigenvalue weighted by Gasteiger charge is 2.12. The predicted molar refractivity (Wildman–Crippen MR) is 73.7 cm³/mol. The Morgan fingerprint density at radius 2 is 2.20 bits per heavy atom. The van der Waals surface area contributed by atoms with Gasteiger partial charge in [0.2, 0.25) is 0 Å². The van der Waals surface area contributed by atoms with Crippen molar-refractivity contribution in [1.29, 1.82) is 0 Å². The van der Waals surface area contributed by atoms with E-state index in [2.05, 4.69) is 15.0 Å². The molecule has 100 valence electrons. The molecule has 0 atom stereocenters. The Bertz CT molecular complexity index is 844. The van der Waals surface area contributed by atoms with Gasteiger partial charge in [0, 0.05) is 18.0 Å². The maximum absolute atomic E-state index is 12.2. The van der Waals surface area contributed by atoms with Crippen LogP contribution in [-0.2, 0) is 0 Å². The zero-order chi connectivity index (χ0) is 14.1. The molecule has 0 aliphatic heterocycles. The second-order valence-electron chi connectivity index (χ2n) is 4.10. The molecule has 0 aliphatic rings. The van der Waals surface area contributed by atoms with E-state index in [1.54, 1.807) is 36.8 Å². The predicted octanol–water partition coefficient (Wildman–Crippen LogP) is 0.576. The minimum absolute atomic E-state index is 0.285. The fourth-order valence-electron chi connectivity index (χ4n) is 1.89. The van der Waals surface area contributed by atoms with Crippen molar-refractivity contribution in [2.24, 2.45) is 0 Å². The first-order valence-electron chi connectivity index (χ1n) is 5.83. The van der Waals surface area contributed by atoms with E-state index in [4.69, 9.17) is 10.6 Å². The number of rotatable bonds is 2. The van der Waals surface area contributed by atoms with Crippen molar-refractivity contribution in [3.05, 3.63) is 47.1 Å². The Labute approximate surface area is 113 Å². The van der Waals surface area contributed by atoms with Gasteiger partial charge in [-0.25, -0.2) is 14.6 Å². The third kappa shape index (κ3) is 1.85. The average Bonchev–Trinajstić information content (AvgIpc) is 2.51. The molecule has 0 fully saturated rings. The monoisotopic (exact) mass is 269 g/mol. The smallest absolute Gasteiger partial charge is 0.281 e. The van der Waals surface area contributed by atoms with Crippen molar-refractivity contribution >= 4 is 11.0 Å². The van der Waals surface area contributed by atoms with Gasteiger partial charge in [0.1, 0.15) is 5.75 Å². The average molecular weight is 269 g/mol. The summed E-state index contributed by atoms with van der Waals surface area (Å²) in [7, 11) is 1.53. The van der Waals surface area contributed by atoms with Crippen molar-refractivity contribution in [3.8, 4) is 17.1 Å². The van der Waals surface area contributed by atoms with Gasteiger partial charge in [0.25, 0.3) is 5.56 Å². The molecule has 7 nitrogen and oxygen atoms in total. The number of nitrogen functional groups attached to an aromatic ring is 1. The molecule has 0 amide bonds. The third-order valence-electron chi connectivity index (χ3n) is 2.88. The number of ether oxygens (including phenoxy) is 1. The molecule has 0 bridgehead atoms. The van der Waals surface area contributed by atoms with Crippen molar-refractivity contribution in [1.82, 2.24) is 19.6 Å². The zero-order valence-corrected chi connectivity index (χ0v) is 10.6. The molecule has 0 unspecified atom stereocenters. The fraction of sp³-hybridized carbons (Fsp3) is 0.0769. The van der Waals surface area contributed by atoms with Gasteiger partial charge in [0.05, 0.1) is 18.7 Å². The molecule has 20 heavy (non-hydrogen) atoms. The number of nitrogens with two attached hydrogens (primary N) is 1. The van der Waals surface area contributed by atoms with E-state index in [0.717, 1.165) is 4.68 Å². The SMILES string of the molecule is COc1cncc(-c2nc3ncccc3c(=O)n2N)c1. The molecule has 7 heteroatoms. The van der Waals surface area contributed by atoms with Crippen molar-refractivity contribution < 1.29 is 4.74 Å². The summed E-state index contributed by atoms with van der Waals surface area (Å²) in [6.45, 7) is 0. The van der Waals surface area contributed by atoms with E-state index >= 15 is 0 Å². The Kier molecular flexibility index (Phi) is 2.79. The van der Waals surface area contributed by atoms with Crippen LogP contribution in [0.25, 0.3) is 22.4 Å². The van der Waals surface area contributed by atoms with Crippen LogP contribution in [-0.4, -0.2) is 26.7 Å². The topological polar surface area (TPSA) is 95.9 Å². The molecule has 0 saturated heterocycles. The number of fused-ring (bicyclic) bond motifs is 1. The number of hydrogen-bond acceptors (Lipinski definition) is 6. The standard InChI is InChI=1S/C13H11N5O2/c1-20-9-5-8(6-15-7-9)12-17-11-10(3-2-4-16-11)13(19)18(12)14/h2-7H,14H2,1H3. The molecule has 2 N–H and O–H groups in total. The summed E-state index contributed by atoms with van der Waals surface area (Å²) < 4.78 is 6.09. The summed E-state index contributed by atoms with van der Waals surface area (Å²) in [6.07, 6.45) is 4.69. The van der Waals surface area contributed by atoms with Crippen LogP contribution in [0, 0.1) is 0 Å². The largest absolute Gasteiger partial charge is 0.495 e. The molecular formula is C13H11N5O2. The summed E-state index contributed by atoms with van der Waals surface area (Å²) in [6, 6.07) is 5.00. The lowest BCUT2D eigenvalue weighted by molar-refractivity contribution is 0.413. The molecule has 0 radical (unpaired) electrons. The van der Waals surface area contributed by atoms with Gasteiger partial charge in [-0.05, 0) is 18.2 Å². The van der Waals surface area contributed by atoms with Crippen LogP contribution in [0.15, 0.2) is 41.6 Å². The van der Waals surface area contributed by atoms with Gasteiger partial charge in [-0.2, -0.15) is 0 Å². The molecule has 3 aromatic rings. The molecule has 0 aliphatic carbocycles. The van der Waals surface area contributed by atoms with Gasteiger partial charge in [0.15, 0.2) is 11.5 Å². The van der Waals surface area contributed by atoms with E-state index in [-0.39, 0.29) is 11.4 Å². The highest BCUT2D eigenvalue weighted by Crippen LogP contribution is 2.20. The van der Waals surface area contributed by atoms with Gasteiger partial charge >= 0.3 is 0 Å². The maximum atomic E-state index is 12.2. The van der Waals surface area contributed by atoms with Gasteiger partial charge in [-0.3, -0.25) is 9.78 Å². The molecule has 0 aromatic carbocycles. The second-order valence-corrected chi connectivity index (χ2v) is 4.10. The van der Waals surface area contributed by atoms with Crippen LogP contribution in [0.4, 0.5) is 0 Å². The highest BCUT2D eigenvalue weighted by molar-refractivity contribution is 5.75.